The zero-order valence-electron chi connectivity index (χ0n) is 13.6. The van der Waals surface area contributed by atoms with Gasteiger partial charge in [0.25, 0.3) is 0 Å². The molecule has 1 heterocycles. The maximum atomic E-state index is 11.6. The highest BCUT2D eigenvalue weighted by Gasteiger charge is 2.32. The molecule has 22 heavy (non-hydrogen) atoms. The van der Waals surface area contributed by atoms with Gasteiger partial charge in [-0.3, -0.25) is 4.79 Å². The lowest BCUT2D eigenvalue weighted by Crippen LogP contribution is -2.42. The van der Waals surface area contributed by atoms with Crippen LogP contribution in [0.15, 0.2) is 0 Å². The molecule has 0 aromatic rings. The molecule has 0 bridgehead atoms. The molecule has 0 spiro atoms. The standard InChI is InChI=1S/C16H24O6/c1-6-12-8-7-9-13(21-12)14(20-11(2)17)10-19-15(18)22-16(3,4)5/h1,12-14H,7-10H2,2-5H3/t12-,13+,14-/m1/s1. The molecule has 1 saturated heterocycles. The summed E-state index contributed by atoms with van der Waals surface area (Å²) in [5, 5.41) is 0. The van der Waals surface area contributed by atoms with E-state index in [4.69, 9.17) is 25.4 Å². The normalized spacial score (nSPS) is 23.0. The van der Waals surface area contributed by atoms with Crippen LogP contribution in [0.25, 0.3) is 0 Å². The predicted octanol–water partition coefficient (Wildman–Crippen LogP) is 2.44. The van der Waals surface area contributed by atoms with Crippen LogP contribution in [0.4, 0.5) is 4.79 Å². The second kappa shape index (κ2) is 8.04. The molecule has 0 radical (unpaired) electrons. The van der Waals surface area contributed by atoms with E-state index in [1.165, 1.54) is 6.92 Å². The molecule has 0 amide bonds. The third-order valence-corrected chi connectivity index (χ3v) is 2.97. The van der Waals surface area contributed by atoms with Crippen molar-refractivity contribution >= 4 is 12.1 Å². The summed E-state index contributed by atoms with van der Waals surface area (Å²) in [6.07, 6.45) is 5.49. The average molecular weight is 312 g/mol. The molecule has 3 atom stereocenters. The number of carbonyl (C=O) groups excluding carboxylic acids is 2. The quantitative estimate of drug-likeness (QED) is 0.586. The third-order valence-electron chi connectivity index (χ3n) is 2.97. The van der Waals surface area contributed by atoms with Gasteiger partial charge in [0.1, 0.15) is 18.3 Å². The molecule has 1 aliphatic rings. The van der Waals surface area contributed by atoms with Crippen LogP contribution in [-0.2, 0) is 23.7 Å². The number of esters is 1. The highest BCUT2D eigenvalue weighted by atomic mass is 16.7. The van der Waals surface area contributed by atoms with E-state index < -0.39 is 23.8 Å². The van der Waals surface area contributed by atoms with Crippen molar-refractivity contribution in [3.05, 3.63) is 0 Å². The number of rotatable bonds is 4. The van der Waals surface area contributed by atoms with Crippen LogP contribution in [0.3, 0.4) is 0 Å². The van der Waals surface area contributed by atoms with Gasteiger partial charge >= 0.3 is 12.1 Å². The summed E-state index contributed by atoms with van der Waals surface area (Å²) in [6.45, 7) is 6.37. The molecule has 6 nitrogen and oxygen atoms in total. The lowest BCUT2D eigenvalue weighted by molar-refractivity contribution is -0.166. The number of terminal acetylenes is 1. The fraction of sp³-hybridized carbons (Fsp3) is 0.750. The predicted molar refractivity (Wildman–Crippen MR) is 79.1 cm³/mol. The van der Waals surface area contributed by atoms with Crippen LogP contribution in [0, 0.1) is 12.3 Å². The topological polar surface area (TPSA) is 71.1 Å². The summed E-state index contributed by atoms with van der Waals surface area (Å²) < 4.78 is 21.0. The molecule has 1 fully saturated rings. The Morgan fingerprint density at radius 3 is 2.59 bits per heavy atom. The monoisotopic (exact) mass is 312 g/mol. The van der Waals surface area contributed by atoms with Gasteiger partial charge in [-0.25, -0.2) is 4.79 Å². The summed E-state index contributed by atoms with van der Waals surface area (Å²) in [6, 6.07) is 0. The lowest BCUT2D eigenvalue weighted by Gasteiger charge is -2.32. The molecule has 124 valence electrons. The van der Waals surface area contributed by atoms with Gasteiger partial charge in [0.05, 0.1) is 6.10 Å². The molecule has 1 aliphatic heterocycles. The van der Waals surface area contributed by atoms with Crippen LogP contribution in [0.1, 0.15) is 47.0 Å². The highest BCUT2D eigenvalue weighted by Crippen LogP contribution is 2.23. The van der Waals surface area contributed by atoms with Crippen molar-refractivity contribution in [3.8, 4) is 12.3 Å². The molecule has 0 unspecified atom stereocenters. The van der Waals surface area contributed by atoms with E-state index in [0.29, 0.717) is 6.42 Å². The van der Waals surface area contributed by atoms with Crippen LogP contribution >= 0.6 is 0 Å². The number of carbonyl (C=O) groups is 2. The van der Waals surface area contributed by atoms with Crippen LogP contribution in [0.2, 0.25) is 0 Å². The molecular formula is C16H24O6. The fourth-order valence-corrected chi connectivity index (χ4v) is 2.11. The van der Waals surface area contributed by atoms with Crippen molar-refractivity contribution in [1.82, 2.24) is 0 Å². The molecule has 0 aliphatic carbocycles. The second-order valence-electron chi connectivity index (χ2n) is 6.18. The van der Waals surface area contributed by atoms with Crippen molar-refractivity contribution in [2.75, 3.05) is 6.61 Å². The van der Waals surface area contributed by atoms with Crippen molar-refractivity contribution in [2.45, 2.75) is 70.9 Å². The smallest absolute Gasteiger partial charge is 0.456 e. The van der Waals surface area contributed by atoms with Crippen molar-refractivity contribution in [1.29, 1.82) is 0 Å². The first-order valence-corrected chi connectivity index (χ1v) is 7.36. The maximum Gasteiger partial charge on any atom is 0.508 e. The van der Waals surface area contributed by atoms with E-state index in [2.05, 4.69) is 5.92 Å². The van der Waals surface area contributed by atoms with E-state index in [0.717, 1.165) is 12.8 Å². The third kappa shape index (κ3) is 6.81. The van der Waals surface area contributed by atoms with Crippen molar-refractivity contribution in [2.24, 2.45) is 0 Å². The van der Waals surface area contributed by atoms with E-state index >= 15 is 0 Å². The summed E-state index contributed by atoms with van der Waals surface area (Å²) in [5.41, 5.74) is -0.649. The zero-order chi connectivity index (χ0) is 16.8. The molecule has 0 aromatic heterocycles. The minimum atomic E-state index is -0.811. The fourth-order valence-electron chi connectivity index (χ4n) is 2.11. The lowest BCUT2D eigenvalue weighted by atomic mass is 10.0. The van der Waals surface area contributed by atoms with E-state index in [-0.39, 0.29) is 18.8 Å². The Balaban J connectivity index is 2.59. The Bertz CT molecular complexity index is 431. The SMILES string of the molecule is C#C[C@@H]1CCC[C@@H]([C@@H](COC(=O)OC(C)(C)C)OC(C)=O)O1. The van der Waals surface area contributed by atoms with E-state index in [9.17, 15) is 9.59 Å². The Labute approximate surface area is 131 Å². The summed E-state index contributed by atoms with van der Waals surface area (Å²) in [7, 11) is 0. The largest absolute Gasteiger partial charge is 0.508 e. The Morgan fingerprint density at radius 2 is 2.05 bits per heavy atom. The first-order chi connectivity index (χ1) is 10.2. The molecular weight excluding hydrogens is 288 g/mol. The Morgan fingerprint density at radius 1 is 1.36 bits per heavy atom. The van der Waals surface area contributed by atoms with E-state index in [1.807, 2.05) is 0 Å². The maximum absolute atomic E-state index is 11.6. The van der Waals surface area contributed by atoms with Crippen LogP contribution in [0.5, 0.6) is 0 Å². The minimum absolute atomic E-state index is 0.129. The van der Waals surface area contributed by atoms with Gasteiger partial charge in [-0.1, -0.05) is 5.92 Å². The molecule has 0 aromatic carbocycles. The van der Waals surface area contributed by atoms with Gasteiger partial charge in [-0.15, -0.1) is 6.42 Å². The van der Waals surface area contributed by atoms with Gasteiger partial charge in [-0.05, 0) is 40.0 Å². The minimum Gasteiger partial charge on any atom is -0.456 e. The second-order valence-corrected chi connectivity index (χ2v) is 6.18. The Kier molecular flexibility index (Phi) is 6.69. The molecule has 6 heteroatoms. The molecule has 0 saturated carbocycles. The summed E-state index contributed by atoms with van der Waals surface area (Å²) in [4.78, 5) is 22.8. The average Bonchev–Trinajstić information content (AvgIpc) is 2.41. The highest BCUT2D eigenvalue weighted by molar-refractivity contribution is 5.66. The van der Waals surface area contributed by atoms with Gasteiger partial charge in [0.2, 0.25) is 0 Å². The van der Waals surface area contributed by atoms with Gasteiger partial charge in [0, 0.05) is 6.92 Å². The number of hydrogen-bond donors (Lipinski definition) is 0. The van der Waals surface area contributed by atoms with Gasteiger partial charge in [-0.2, -0.15) is 0 Å². The van der Waals surface area contributed by atoms with Crippen molar-refractivity contribution in [3.63, 3.8) is 0 Å². The summed E-state index contributed by atoms with van der Waals surface area (Å²) >= 11 is 0. The molecule has 0 N–H and O–H groups in total. The van der Waals surface area contributed by atoms with Crippen LogP contribution in [-0.4, -0.2) is 42.6 Å². The molecule has 1 rings (SSSR count). The zero-order valence-corrected chi connectivity index (χ0v) is 13.6. The van der Waals surface area contributed by atoms with Crippen molar-refractivity contribution < 1.29 is 28.5 Å². The Hall–Kier alpha value is -1.74. The number of ether oxygens (including phenoxy) is 4. The van der Waals surface area contributed by atoms with Gasteiger partial charge < -0.3 is 18.9 Å². The first-order valence-electron chi connectivity index (χ1n) is 7.36. The first kappa shape index (κ1) is 18.3. The number of hydrogen-bond acceptors (Lipinski definition) is 6. The van der Waals surface area contributed by atoms with Gasteiger partial charge in [0.15, 0.2) is 6.10 Å². The summed E-state index contributed by atoms with van der Waals surface area (Å²) in [5.74, 6) is 2.07. The van der Waals surface area contributed by atoms with Crippen LogP contribution < -0.4 is 0 Å². The van der Waals surface area contributed by atoms with E-state index in [1.54, 1.807) is 20.8 Å².